The molecule has 2 aliphatic heterocycles. The fraction of sp³-hybridized carbons (Fsp3) is 0.875. The van der Waals surface area contributed by atoms with Crippen LogP contribution in [0.1, 0.15) is 25.7 Å². The summed E-state index contributed by atoms with van der Waals surface area (Å²) in [5.41, 5.74) is 0. The number of hydrogen-bond acceptors (Lipinski definition) is 4. The van der Waals surface area contributed by atoms with Crippen molar-refractivity contribution in [2.24, 2.45) is 5.92 Å². The summed E-state index contributed by atoms with van der Waals surface area (Å²) >= 11 is 0. The molecule has 0 aromatic heterocycles. The number of likely N-dealkylation sites (N-methyl/N-ethyl adjacent to an activating group) is 1. The molecule has 22 heavy (non-hydrogen) atoms. The molecule has 0 N–H and O–H groups in total. The summed E-state index contributed by atoms with van der Waals surface area (Å²) in [5, 5.41) is 0. The Balaban J connectivity index is 1.76. The van der Waals surface area contributed by atoms with Crippen LogP contribution in [0, 0.1) is 5.92 Å². The molecule has 0 aromatic carbocycles. The van der Waals surface area contributed by atoms with Crippen LogP contribution in [0.15, 0.2) is 0 Å². The van der Waals surface area contributed by atoms with E-state index in [0.717, 1.165) is 58.7 Å². The van der Waals surface area contributed by atoms with Gasteiger partial charge in [0.15, 0.2) is 0 Å². The van der Waals surface area contributed by atoms with Crippen molar-refractivity contribution in [3.63, 3.8) is 0 Å². The molecule has 1 atom stereocenters. The highest BCUT2D eigenvalue weighted by Crippen LogP contribution is 2.18. The van der Waals surface area contributed by atoms with E-state index in [0.29, 0.717) is 18.9 Å². The average Bonchev–Trinajstić information content (AvgIpc) is 2.74. The Morgan fingerprint density at radius 1 is 1.14 bits per heavy atom. The molecule has 0 radical (unpaired) electrons. The van der Waals surface area contributed by atoms with E-state index in [1.54, 1.807) is 19.0 Å². The summed E-state index contributed by atoms with van der Waals surface area (Å²) in [6.07, 6.45) is 3.71. The molecule has 0 bridgehead atoms. The van der Waals surface area contributed by atoms with E-state index < -0.39 is 0 Å². The monoisotopic (exact) mass is 311 g/mol. The van der Waals surface area contributed by atoms with Gasteiger partial charge in [-0.25, -0.2) is 0 Å². The molecular formula is C16H29N3O3. The molecule has 6 nitrogen and oxygen atoms in total. The summed E-state index contributed by atoms with van der Waals surface area (Å²) in [6, 6.07) is 0. The van der Waals surface area contributed by atoms with Gasteiger partial charge in [0.05, 0.1) is 6.54 Å². The third-order valence-electron chi connectivity index (χ3n) is 4.52. The summed E-state index contributed by atoms with van der Waals surface area (Å²) in [6.45, 7) is 5.21. The molecule has 2 aliphatic rings. The van der Waals surface area contributed by atoms with E-state index in [-0.39, 0.29) is 11.8 Å². The molecule has 2 heterocycles. The van der Waals surface area contributed by atoms with Crippen molar-refractivity contribution >= 4 is 11.8 Å². The van der Waals surface area contributed by atoms with Gasteiger partial charge < -0.3 is 14.5 Å². The van der Waals surface area contributed by atoms with Gasteiger partial charge in [0.25, 0.3) is 0 Å². The molecule has 0 aromatic rings. The summed E-state index contributed by atoms with van der Waals surface area (Å²) in [7, 11) is 3.56. The van der Waals surface area contributed by atoms with Gasteiger partial charge in [-0.1, -0.05) is 0 Å². The number of rotatable bonds is 4. The number of carbonyl (C=O) groups is 2. The average molecular weight is 311 g/mol. The second-order valence-electron chi connectivity index (χ2n) is 6.59. The first-order chi connectivity index (χ1) is 10.6. The van der Waals surface area contributed by atoms with Gasteiger partial charge in [0, 0.05) is 59.9 Å². The van der Waals surface area contributed by atoms with E-state index in [1.807, 2.05) is 4.90 Å². The van der Waals surface area contributed by atoms with Crippen molar-refractivity contribution in [1.82, 2.24) is 14.7 Å². The molecule has 2 saturated heterocycles. The van der Waals surface area contributed by atoms with Gasteiger partial charge in [-0.05, 0) is 25.2 Å². The number of amides is 2. The van der Waals surface area contributed by atoms with Crippen molar-refractivity contribution in [1.29, 1.82) is 0 Å². The van der Waals surface area contributed by atoms with Crippen molar-refractivity contribution in [2.45, 2.75) is 25.7 Å². The standard InChI is InChI=1S/C16H29N3O3/c1-17(2)16(21)12-18-6-4-7-19(9-8-18)15(20)11-14-5-3-10-22-13-14/h14H,3-13H2,1-2H3/t14-/m0/s1. The lowest BCUT2D eigenvalue weighted by atomic mass is 9.98. The zero-order valence-electron chi connectivity index (χ0n) is 13.9. The van der Waals surface area contributed by atoms with Crippen molar-refractivity contribution in [3.8, 4) is 0 Å². The molecule has 2 fully saturated rings. The van der Waals surface area contributed by atoms with E-state index in [2.05, 4.69) is 4.90 Å². The Kier molecular flexibility index (Phi) is 6.64. The fourth-order valence-corrected chi connectivity index (χ4v) is 3.06. The highest BCUT2D eigenvalue weighted by atomic mass is 16.5. The minimum absolute atomic E-state index is 0.124. The molecule has 126 valence electrons. The Bertz CT molecular complexity index is 381. The number of ether oxygens (including phenoxy) is 1. The molecule has 0 spiro atoms. The highest BCUT2D eigenvalue weighted by molar-refractivity contribution is 5.78. The van der Waals surface area contributed by atoms with Gasteiger partial charge in [0.2, 0.25) is 11.8 Å². The predicted octanol–water partition coefficient (Wildman–Crippen LogP) is 0.426. The van der Waals surface area contributed by atoms with E-state index in [4.69, 9.17) is 4.74 Å². The topological polar surface area (TPSA) is 53.1 Å². The maximum absolute atomic E-state index is 12.4. The first kappa shape index (κ1) is 17.2. The van der Waals surface area contributed by atoms with Crippen molar-refractivity contribution < 1.29 is 14.3 Å². The highest BCUT2D eigenvalue weighted by Gasteiger charge is 2.24. The minimum atomic E-state index is 0.124. The Morgan fingerprint density at radius 2 is 1.95 bits per heavy atom. The maximum atomic E-state index is 12.4. The molecular weight excluding hydrogens is 282 g/mol. The van der Waals surface area contributed by atoms with E-state index >= 15 is 0 Å². The van der Waals surface area contributed by atoms with Crippen LogP contribution in [-0.4, -0.2) is 86.5 Å². The van der Waals surface area contributed by atoms with Crippen LogP contribution in [-0.2, 0) is 14.3 Å². The molecule has 6 heteroatoms. The predicted molar refractivity (Wildman–Crippen MR) is 84.5 cm³/mol. The van der Waals surface area contributed by atoms with Crippen LogP contribution in [0.4, 0.5) is 0 Å². The molecule has 2 rings (SSSR count). The third kappa shape index (κ3) is 5.25. The quantitative estimate of drug-likeness (QED) is 0.755. The minimum Gasteiger partial charge on any atom is -0.381 e. The summed E-state index contributed by atoms with van der Waals surface area (Å²) < 4.78 is 5.46. The maximum Gasteiger partial charge on any atom is 0.236 e. The normalized spacial score (nSPS) is 23.9. The second-order valence-corrected chi connectivity index (χ2v) is 6.59. The largest absolute Gasteiger partial charge is 0.381 e. The lowest BCUT2D eigenvalue weighted by molar-refractivity contribution is -0.133. The first-order valence-corrected chi connectivity index (χ1v) is 8.34. The molecule has 0 unspecified atom stereocenters. The van der Waals surface area contributed by atoms with E-state index in [9.17, 15) is 9.59 Å². The SMILES string of the molecule is CN(C)C(=O)CN1CCCN(C(=O)C[C@@H]2CCCOC2)CC1. The lowest BCUT2D eigenvalue weighted by Crippen LogP contribution is -2.40. The van der Waals surface area contributed by atoms with E-state index in [1.165, 1.54) is 0 Å². The van der Waals surface area contributed by atoms with Crippen LogP contribution in [0.25, 0.3) is 0 Å². The van der Waals surface area contributed by atoms with Gasteiger partial charge in [-0.2, -0.15) is 0 Å². The van der Waals surface area contributed by atoms with Gasteiger partial charge in [0.1, 0.15) is 0 Å². The molecule has 0 aliphatic carbocycles. The lowest BCUT2D eigenvalue weighted by Gasteiger charge is -2.26. The number of carbonyl (C=O) groups excluding carboxylic acids is 2. The Hall–Kier alpha value is -1.14. The van der Waals surface area contributed by atoms with Gasteiger partial charge >= 0.3 is 0 Å². The molecule has 0 saturated carbocycles. The Labute approximate surface area is 133 Å². The fourth-order valence-electron chi connectivity index (χ4n) is 3.06. The zero-order valence-corrected chi connectivity index (χ0v) is 13.9. The second kappa shape index (κ2) is 8.48. The van der Waals surface area contributed by atoms with Crippen LogP contribution < -0.4 is 0 Å². The third-order valence-corrected chi connectivity index (χ3v) is 4.52. The number of hydrogen-bond donors (Lipinski definition) is 0. The zero-order chi connectivity index (χ0) is 15.9. The van der Waals surface area contributed by atoms with Crippen LogP contribution >= 0.6 is 0 Å². The van der Waals surface area contributed by atoms with Crippen LogP contribution in [0.2, 0.25) is 0 Å². The smallest absolute Gasteiger partial charge is 0.236 e. The van der Waals surface area contributed by atoms with Crippen LogP contribution in [0.5, 0.6) is 0 Å². The summed E-state index contributed by atoms with van der Waals surface area (Å²) in [4.78, 5) is 30.0. The summed E-state index contributed by atoms with van der Waals surface area (Å²) in [5.74, 6) is 0.756. The first-order valence-electron chi connectivity index (χ1n) is 8.34. The van der Waals surface area contributed by atoms with Gasteiger partial charge in [-0.15, -0.1) is 0 Å². The molecule has 2 amide bonds. The van der Waals surface area contributed by atoms with Crippen LogP contribution in [0.3, 0.4) is 0 Å². The van der Waals surface area contributed by atoms with Crippen molar-refractivity contribution in [3.05, 3.63) is 0 Å². The Morgan fingerprint density at radius 3 is 2.64 bits per heavy atom. The number of nitrogens with zero attached hydrogens (tertiary/aromatic N) is 3. The van der Waals surface area contributed by atoms with Crippen molar-refractivity contribution in [2.75, 3.05) is 60.0 Å². The van der Waals surface area contributed by atoms with Gasteiger partial charge in [-0.3, -0.25) is 14.5 Å².